The minimum atomic E-state index is -3.61. The molecule has 0 saturated heterocycles. The van der Waals surface area contributed by atoms with Gasteiger partial charge >= 0.3 is 0 Å². The van der Waals surface area contributed by atoms with E-state index in [1.165, 1.54) is 11.3 Å². The zero-order valence-corrected chi connectivity index (χ0v) is 23.9. The van der Waals surface area contributed by atoms with E-state index in [1.807, 2.05) is 35.2 Å². The second-order valence-corrected chi connectivity index (χ2v) is 12.8. The van der Waals surface area contributed by atoms with Crippen LogP contribution in [0.1, 0.15) is 83.7 Å². The Labute approximate surface area is 234 Å². The number of benzene rings is 2. The largest absolute Gasteiger partial charge is 0.497 e. The van der Waals surface area contributed by atoms with Gasteiger partial charge in [0.05, 0.1) is 18.0 Å². The minimum absolute atomic E-state index is 0.00771. The summed E-state index contributed by atoms with van der Waals surface area (Å²) in [6, 6.07) is 12.4. The maximum absolute atomic E-state index is 14.1. The van der Waals surface area contributed by atoms with Crippen LogP contribution in [0.15, 0.2) is 52.7 Å². The van der Waals surface area contributed by atoms with E-state index in [-0.39, 0.29) is 22.9 Å². The number of thiazole rings is 1. The number of carbonyl (C=O) groups excluding carboxylic acids is 1. The summed E-state index contributed by atoms with van der Waals surface area (Å²) in [5.74, 6) is 3.11. The molecule has 2 heterocycles. The molecule has 1 aromatic heterocycles. The number of hydrogen-bond donors (Lipinski definition) is 1. The summed E-state index contributed by atoms with van der Waals surface area (Å²) in [7, 11) is -1.96. The highest BCUT2D eigenvalue weighted by atomic mass is 32.2. The topological polar surface area (TPSA) is 88.6 Å². The van der Waals surface area contributed by atoms with E-state index >= 15 is 0 Å². The summed E-state index contributed by atoms with van der Waals surface area (Å²) in [6.45, 7) is 2.14. The van der Waals surface area contributed by atoms with Gasteiger partial charge < -0.3 is 9.64 Å². The monoisotopic (exact) mass is 563 g/mol. The molecule has 1 saturated carbocycles. The SMILES string of the molecule is C#Cc1nc(C(=O)N2[C@@H](CCCC)Cc3cc(OC)ccc3[C@@H]2c2ccc(S(=O)(=O)NC3CCC3)cc2)cs1. The number of sulfonamides is 1. The van der Waals surface area contributed by atoms with Crippen molar-refractivity contribution < 1.29 is 17.9 Å². The number of aromatic nitrogens is 1. The van der Waals surface area contributed by atoms with Crippen LogP contribution in [0.5, 0.6) is 5.75 Å². The fourth-order valence-corrected chi connectivity index (χ4v) is 7.28. The highest BCUT2D eigenvalue weighted by molar-refractivity contribution is 7.89. The van der Waals surface area contributed by atoms with Crippen molar-refractivity contribution in [1.29, 1.82) is 0 Å². The van der Waals surface area contributed by atoms with Crippen LogP contribution in [-0.4, -0.2) is 43.4 Å². The molecule has 0 radical (unpaired) electrons. The third-order valence-corrected chi connectivity index (χ3v) is 9.99. The maximum Gasteiger partial charge on any atom is 0.274 e. The molecule has 1 amide bonds. The molecule has 1 fully saturated rings. The molecular formula is C30H33N3O4S2. The van der Waals surface area contributed by atoms with Gasteiger partial charge in [-0.2, -0.15) is 0 Å². The Kier molecular flexibility index (Phi) is 8.08. The predicted octanol–water partition coefficient (Wildman–Crippen LogP) is 5.31. The van der Waals surface area contributed by atoms with Crippen LogP contribution in [0.4, 0.5) is 0 Å². The lowest BCUT2D eigenvalue weighted by Crippen LogP contribution is -2.48. The zero-order valence-electron chi connectivity index (χ0n) is 22.2. The Morgan fingerprint density at radius 1 is 1.23 bits per heavy atom. The Bertz CT molecular complexity index is 1490. The number of unbranched alkanes of at least 4 members (excludes halogenated alkanes) is 1. The first-order valence-electron chi connectivity index (χ1n) is 13.4. The normalized spacial score (nSPS) is 19.2. The van der Waals surface area contributed by atoms with Crippen LogP contribution in [-0.2, 0) is 16.4 Å². The standard InChI is InChI=1S/C30H33N3O4S2/c1-4-6-10-23-17-21-18-24(37-3)13-16-26(21)29(33(23)30(34)27-19-38-28(5-2)31-27)20-11-14-25(15-12-20)39(35,36)32-22-8-7-9-22/h2,11-16,18-19,22-23,29,32H,4,6-10,17H2,1,3H3/t23-,29-/m0/s1. The van der Waals surface area contributed by atoms with Gasteiger partial charge in [0.1, 0.15) is 11.4 Å². The molecule has 2 aromatic carbocycles. The van der Waals surface area contributed by atoms with Gasteiger partial charge in [0.25, 0.3) is 5.91 Å². The molecule has 0 bridgehead atoms. The number of methoxy groups -OCH3 is 1. The van der Waals surface area contributed by atoms with E-state index in [0.717, 1.165) is 61.0 Å². The lowest BCUT2D eigenvalue weighted by molar-refractivity contribution is 0.0561. The number of terminal acetylenes is 1. The Hall–Kier alpha value is -3.19. The van der Waals surface area contributed by atoms with E-state index in [9.17, 15) is 13.2 Å². The summed E-state index contributed by atoms with van der Waals surface area (Å²) in [4.78, 5) is 20.6. The summed E-state index contributed by atoms with van der Waals surface area (Å²) >= 11 is 1.28. The molecule has 39 heavy (non-hydrogen) atoms. The smallest absolute Gasteiger partial charge is 0.274 e. The Balaban J connectivity index is 1.58. The first-order valence-corrected chi connectivity index (χ1v) is 15.7. The van der Waals surface area contributed by atoms with Crippen LogP contribution >= 0.6 is 11.3 Å². The van der Waals surface area contributed by atoms with Crippen LogP contribution in [0, 0.1) is 12.3 Å². The number of fused-ring (bicyclic) bond motifs is 1. The Morgan fingerprint density at radius 2 is 2.00 bits per heavy atom. The van der Waals surface area contributed by atoms with Gasteiger partial charge in [-0.3, -0.25) is 4.79 Å². The number of ether oxygens (including phenoxy) is 1. The highest BCUT2D eigenvalue weighted by Gasteiger charge is 2.39. The van der Waals surface area contributed by atoms with Crippen molar-refractivity contribution in [3.8, 4) is 18.1 Å². The third-order valence-electron chi connectivity index (χ3n) is 7.68. The van der Waals surface area contributed by atoms with Gasteiger partial charge in [-0.1, -0.05) is 44.4 Å². The molecule has 7 nitrogen and oxygen atoms in total. The van der Waals surface area contributed by atoms with Crippen LogP contribution in [0.25, 0.3) is 0 Å². The van der Waals surface area contributed by atoms with Crippen molar-refractivity contribution in [2.75, 3.05) is 7.11 Å². The van der Waals surface area contributed by atoms with Gasteiger partial charge in [0, 0.05) is 17.5 Å². The van der Waals surface area contributed by atoms with Crippen molar-refractivity contribution in [3.63, 3.8) is 0 Å². The van der Waals surface area contributed by atoms with Gasteiger partial charge in [0.15, 0.2) is 5.01 Å². The quantitative estimate of drug-likeness (QED) is 0.357. The van der Waals surface area contributed by atoms with Gasteiger partial charge in [0.2, 0.25) is 10.0 Å². The van der Waals surface area contributed by atoms with Gasteiger partial charge in [-0.15, -0.1) is 17.8 Å². The van der Waals surface area contributed by atoms with Crippen molar-refractivity contribution in [2.45, 2.75) is 74.9 Å². The van der Waals surface area contributed by atoms with E-state index in [4.69, 9.17) is 11.2 Å². The molecule has 204 valence electrons. The lowest BCUT2D eigenvalue weighted by atomic mass is 9.83. The molecule has 0 unspecified atom stereocenters. The predicted molar refractivity (Wildman–Crippen MR) is 152 cm³/mol. The summed E-state index contributed by atoms with van der Waals surface area (Å²) in [5, 5.41) is 2.19. The lowest BCUT2D eigenvalue weighted by Gasteiger charge is -2.43. The molecule has 9 heteroatoms. The van der Waals surface area contributed by atoms with E-state index in [0.29, 0.717) is 17.1 Å². The van der Waals surface area contributed by atoms with E-state index < -0.39 is 16.1 Å². The van der Waals surface area contributed by atoms with Crippen LogP contribution in [0.2, 0.25) is 0 Å². The number of nitrogens with zero attached hydrogens (tertiary/aromatic N) is 2. The van der Waals surface area contributed by atoms with E-state index in [2.05, 4.69) is 22.6 Å². The summed E-state index contributed by atoms with van der Waals surface area (Å²) in [5.41, 5.74) is 3.29. The van der Waals surface area contributed by atoms with Crippen molar-refractivity contribution >= 4 is 27.3 Å². The maximum atomic E-state index is 14.1. The second-order valence-electron chi connectivity index (χ2n) is 10.2. The van der Waals surface area contributed by atoms with Crippen molar-refractivity contribution in [1.82, 2.24) is 14.6 Å². The average molecular weight is 564 g/mol. The molecule has 3 aromatic rings. The molecular weight excluding hydrogens is 530 g/mol. The second kappa shape index (κ2) is 11.5. The van der Waals surface area contributed by atoms with Crippen LogP contribution in [0.3, 0.4) is 0 Å². The molecule has 1 aliphatic carbocycles. The molecule has 1 aliphatic heterocycles. The minimum Gasteiger partial charge on any atom is -0.497 e. The van der Waals surface area contributed by atoms with Crippen LogP contribution < -0.4 is 9.46 Å². The average Bonchev–Trinajstić information content (AvgIpc) is 3.42. The van der Waals surface area contributed by atoms with Crippen molar-refractivity contribution in [2.24, 2.45) is 0 Å². The summed E-state index contributed by atoms with van der Waals surface area (Å²) in [6.07, 6.45) is 11.8. The number of amides is 1. The number of rotatable bonds is 9. The molecule has 2 aliphatic rings. The number of hydrogen-bond acceptors (Lipinski definition) is 6. The number of nitrogens with one attached hydrogen (secondary N) is 1. The van der Waals surface area contributed by atoms with Crippen molar-refractivity contribution in [3.05, 3.63) is 75.2 Å². The third kappa shape index (κ3) is 5.60. The fourth-order valence-electron chi connectivity index (χ4n) is 5.38. The van der Waals surface area contributed by atoms with Gasteiger partial charge in [-0.05, 0) is 72.6 Å². The fraction of sp³-hybridized carbons (Fsp3) is 0.400. The first kappa shape index (κ1) is 27.4. The zero-order chi connectivity index (χ0) is 27.6. The van der Waals surface area contributed by atoms with Gasteiger partial charge in [-0.25, -0.2) is 18.1 Å². The molecule has 1 N–H and O–H groups in total. The molecule has 5 rings (SSSR count). The highest BCUT2D eigenvalue weighted by Crippen LogP contribution is 2.41. The molecule has 0 spiro atoms. The Morgan fingerprint density at radius 3 is 2.62 bits per heavy atom. The van der Waals surface area contributed by atoms with E-state index in [1.54, 1.807) is 24.6 Å². The summed E-state index contributed by atoms with van der Waals surface area (Å²) < 4.78 is 34.2. The first-order chi connectivity index (χ1) is 18.8. The molecule has 2 atom stereocenters. The number of carbonyl (C=O) groups is 1.